The van der Waals surface area contributed by atoms with E-state index in [0.29, 0.717) is 5.92 Å². The van der Waals surface area contributed by atoms with Crippen LogP contribution in [0.1, 0.15) is 52.4 Å². The van der Waals surface area contributed by atoms with Crippen molar-refractivity contribution in [3.8, 4) is 0 Å². The van der Waals surface area contributed by atoms with Crippen LogP contribution in [0.3, 0.4) is 0 Å². The monoisotopic (exact) mass is 503 g/mol. The molecule has 6 fully saturated rings. The van der Waals surface area contributed by atoms with Crippen LogP contribution in [0.2, 0.25) is 0 Å². The van der Waals surface area contributed by atoms with Gasteiger partial charge in [0.25, 0.3) is 0 Å². The fourth-order valence-electron chi connectivity index (χ4n) is 8.62. The standard InChI is InChI=1S/C24H41NO10/c1-22-3-11-4-23(2,8-22)10-24(5-11,9-22)25-20-17(31)16(30)19(13(7-27)33-20)35-21-18(32)15(29)14(28)12(6-26)34-21/h11-21,25-32H,3-10H2,1-2H3/t11?,12-,13-,14-,15-,16+,17+,18+,19+,20+,21-,22-,23-,24?/m0/s1. The van der Waals surface area contributed by atoms with E-state index in [9.17, 15) is 35.7 Å². The molecule has 4 aliphatic carbocycles. The number of nitrogens with one attached hydrogen (secondary N) is 1. The molecule has 0 spiro atoms. The molecule has 0 aromatic carbocycles. The minimum atomic E-state index is -1.68. The Morgan fingerprint density at radius 3 is 1.94 bits per heavy atom. The quantitative estimate of drug-likeness (QED) is 0.200. The van der Waals surface area contributed by atoms with Crippen LogP contribution in [0, 0.1) is 16.7 Å². The Labute approximate surface area is 205 Å². The van der Waals surface area contributed by atoms with Crippen LogP contribution in [0.15, 0.2) is 0 Å². The predicted octanol–water partition coefficient (Wildman–Crippen LogP) is -2.05. The highest BCUT2D eigenvalue weighted by Crippen LogP contribution is 2.66. The van der Waals surface area contributed by atoms with Crippen LogP contribution >= 0.6 is 0 Å². The molecular weight excluding hydrogens is 462 g/mol. The van der Waals surface area contributed by atoms with Crippen LogP contribution in [0.4, 0.5) is 0 Å². The van der Waals surface area contributed by atoms with Gasteiger partial charge < -0.3 is 50.0 Å². The SMILES string of the molecule is C[C@@]12CC3CC(N[C@@H]4O[C@@H](CO)[C@@H](O[C@@H]5O[C@@H](CO)[C@H](O)[C@H](O)[C@H]5O)[C@H](O)[C@H]4O)(C1)C[C@@](C)(C3)C2. The van der Waals surface area contributed by atoms with E-state index in [1.54, 1.807) is 0 Å². The second-order valence-corrected chi connectivity index (χ2v) is 12.6. The van der Waals surface area contributed by atoms with Crippen molar-refractivity contribution in [2.45, 2.75) is 119 Å². The molecule has 6 aliphatic rings. The van der Waals surface area contributed by atoms with Crippen LogP contribution in [0.5, 0.6) is 0 Å². The van der Waals surface area contributed by atoms with Gasteiger partial charge in [-0.05, 0) is 55.3 Å². The summed E-state index contributed by atoms with van der Waals surface area (Å²) in [7, 11) is 0. The molecule has 2 saturated heterocycles. The Morgan fingerprint density at radius 2 is 1.37 bits per heavy atom. The minimum Gasteiger partial charge on any atom is -0.394 e. The molecule has 11 heteroatoms. The Hall–Kier alpha value is -0.440. The molecule has 8 N–H and O–H groups in total. The van der Waals surface area contributed by atoms with Crippen molar-refractivity contribution in [3.05, 3.63) is 0 Å². The molecule has 2 aliphatic heterocycles. The molecule has 6 rings (SSSR count). The highest BCUT2D eigenvalue weighted by molar-refractivity contribution is 5.15. The number of ether oxygens (including phenoxy) is 3. The fraction of sp³-hybridized carbons (Fsp3) is 1.00. The lowest BCUT2D eigenvalue weighted by atomic mass is 9.42. The molecule has 0 aromatic rings. The Balaban J connectivity index is 1.30. The van der Waals surface area contributed by atoms with Gasteiger partial charge >= 0.3 is 0 Å². The van der Waals surface area contributed by atoms with Gasteiger partial charge in [0.1, 0.15) is 55.1 Å². The Morgan fingerprint density at radius 1 is 0.743 bits per heavy atom. The number of hydrogen-bond donors (Lipinski definition) is 8. The lowest BCUT2D eigenvalue weighted by Gasteiger charge is -2.66. The van der Waals surface area contributed by atoms with Gasteiger partial charge in [0.2, 0.25) is 0 Å². The van der Waals surface area contributed by atoms with Gasteiger partial charge in [-0.3, -0.25) is 5.32 Å². The zero-order chi connectivity index (χ0) is 25.3. The van der Waals surface area contributed by atoms with E-state index in [-0.39, 0.29) is 16.4 Å². The van der Waals surface area contributed by atoms with E-state index in [1.807, 2.05) is 0 Å². The maximum Gasteiger partial charge on any atom is 0.187 e. The average Bonchev–Trinajstić information content (AvgIpc) is 2.76. The van der Waals surface area contributed by atoms with Crippen molar-refractivity contribution in [1.29, 1.82) is 0 Å². The van der Waals surface area contributed by atoms with Gasteiger partial charge in [-0.2, -0.15) is 0 Å². The topological polar surface area (TPSA) is 181 Å². The first kappa shape index (κ1) is 26.2. The summed E-state index contributed by atoms with van der Waals surface area (Å²) in [5.41, 5.74) is 0.230. The third kappa shape index (κ3) is 4.57. The molecule has 2 heterocycles. The number of rotatable bonds is 6. The molecule has 12 atom stereocenters. The molecular formula is C24H41NO10. The highest BCUT2D eigenvalue weighted by Gasteiger charge is 2.61. The van der Waals surface area contributed by atoms with Crippen LogP contribution in [0.25, 0.3) is 0 Å². The summed E-state index contributed by atoms with van der Waals surface area (Å²) in [6.45, 7) is 3.50. The molecule has 0 aromatic heterocycles. The third-order valence-electron chi connectivity index (χ3n) is 9.08. The summed E-state index contributed by atoms with van der Waals surface area (Å²) in [6.07, 6.45) is -7.26. The molecule has 35 heavy (non-hydrogen) atoms. The summed E-state index contributed by atoms with van der Waals surface area (Å²) in [6, 6.07) is 0. The number of aliphatic hydroxyl groups is 7. The largest absolute Gasteiger partial charge is 0.394 e. The van der Waals surface area contributed by atoms with E-state index in [2.05, 4.69) is 19.2 Å². The Bertz CT molecular complexity index is 763. The average molecular weight is 504 g/mol. The van der Waals surface area contributed by atoms with Crippen molar-refractivity contribution < 1.29 is 50.0 Å². The van der Waals surface area contributed by atoms with E-state index in [4.69, 9.17) is 14.2 Å². The fourth-order valence-corrected chi connectivity index (χ4v) is 8.62. The van der Waals surface area contributed by atoms with E-state index in [1.165, 1.54) is 19.3 Å². The van der Waals surface area contributed by atoms with Crippen molar-refractivity contribution in [2.24, 2.45) is 16.7 Å². The van der Waals surface area contributed by atoms with Gasteiger partial charge in [0.15, 0.2) is 6.29 Å². The van der Waals surface area contributed by atoms with E-state index in [0.717, 1.165) is 19.3 Å². The molecule has 202 valence electrons. The van der Waals surface area contributed by atoms with Gasteiger partial charge in [-0.1, -0.05) is 13.8 Å². The predicted molar refractivity (Wildman–Crippen MR) is 120 cm³/mol. The van der Waals surface area contributed by atoms with Crippen molar-refractivity contribution in [1.82, 2.24) is 5.32 Å². The van der Waals surface area contributed by atoms with Crippen LogP contribution in [-0.4, -0.2) is 116 Å². The van der Waals surface area contributed by atoms with Gasteiger partial charge in [-0.15, -0.1) is 0 Å². The second-order valence-electron chi connectivity index (χ2n) is 12.6. The minimum absolute atomic E-state index is 0.223. The first-order valence-electron chi connectivity index (χ1n) is 12.8. The lowest BCUT2D eigenvalue weighted by molar-refractivity contribution is -0.344. The molecule has 4 bridgehead atoms. The third-order valence-corrected chi connectivity index (χ3v) is 9.08. The van der Waals surface area contributed by atoms with Crippen LogP contribution < -0.4 is 5.32 Å². The molecule has 11 nitrogen and oxygen atoms in total. The lowest BCUT2D eigenvalue weighted by Crippen LogP contribution is -2.71. The molecule has 4 saturated carbocycles. The summed E-state index contributed by atoms with van der Waals surface area (Å²) >= 11 is 0. The second kappa shape index (κ2) is 9.09. The first-order chi connectivity index (χ1) is 16.4. The van der Waals surface area contributed by atoms with Gasteiger partial charge in [0.05, 0.1) is 13.2 Å². The zero-order valence-corrected chi connectivity index (χ0v) is 20.4. The van der Waals surface area contributed by atoms with Crippen molar-refractivity contribution >= 4 is 0 Å². The summed E-state index contributed by atoms with van der Waals surface area (Å²) < 4.78 is 17.1. The molecule has 0 radical (unpaired) electrons. The zero-order valence-electron chi connectivity index (χ0n) is 20.4. The Kier molecular flexibility index (Phi) is 6.80. The summed E-state index contributed by atoms with van der Waals surface area (Å²) in [5.74, 6) is 0.607. The number of hydrogen-bond acceptors (Lipinski definition) is 11. The smallest absolute Gasteiger partial charge is 0.187 e. The van der Waals surface area contributed by atoms with Crippen molar-refractivity contribution in [2.75, 3.05) is 13.2 Å². The van der Waals surface area contributed by atoms with E-state index < -0.39 is 74.6 Å². The summed E-state index contributed by atoms with van der Waals surface area (Å²) in [4.78, 5) is 0. The van der Waals surface area contributed by atoms with E-state index >= 15 is 0 Å². The maximum absolute atomic E-state index is 11.0. The maximum atomic E-state index is 11.0. The first-order valence-corrected chi connectivity index (χ1v) is 12.8. The molecule has 0 amide bonds. The number of aliphatic hydroxyl groups excluding tert-OH is 7. The van der Waals surface area contributed by atoms with Crippen LogP contribution in [-0.2, 0) is 14.2 Å². The van der Waals surface area contributed by atoms with Gasteiger partial charge in [-0.25, -0.2) is 0 Å². The normalized spacial score (nSPS) is 58.0. The summed E-state index contributed by atoms with van der Waals surface area (Å²) in [5, 5.41) is 75.3. The molecule has 0 unspecified atom stereocenters. The van der Waals surface area contributed by atoms with Gasteiger partial charge in [0, 0.05) is 5.54 Å². The highest BCUT2D eigenvalue weighted by atomic mass is 16.7. The van der Waals surface area contributed by atoms with Crippen molar-refractivity contribution in [3.63, 3.8) is 0 Å².